The molecule has 4 nitrogen and oxygen atoms in total. The molecule has 0 aromatic heterocycles. The van der Waals surface area contributed by atoms with E-state index in [-0.39, 0.29) is 11.6 Å². The number of halogens is 1. The third-order valence-corrected chi connectivity index (χ3v) is 5.59. The summed E-state index contributed by atoms with van der Waals surface area (Å²) in [7, 11) is 0. The van der Waals surface area contributed by atoms with Gasteiger partial charge in [0.1, 0.15) is 5.82 Å². The SMILES string of the molecule is O=C1CN(CCCN2CCN(c3ccc(F)cc3)CC2)Cc2ccccc21. The van der Waals surface area contributed by atoms with Gasteiger partial charge in [0, 0.05) is 50.5 Å². The summed E-state index contributed by atoms with van der Waals surface area (Å²) in [5, 5.41) is 0. The summed E-state index contributed by atoms with van der Waals surface area (Å²) in [5.41, 5.74) is 3.15. The Morgan fingerprint density at radius 2 is 1.52 bits per heavy atom. The van der Waals surface area contributed by atoms with E-state index in [1.807, 2.05) is 30.3 Å². The number of Topliss-reactive ketones (excluding diaryl/α,β-unsaturated/α-hetero) is 1. The first kappa shape index (κ1) is 18.1. The number of anilines is 1. The van der Waals surface area contributed by atoms with Crippen LogP contribution in [0.15, 0.2) is 48.5 Å². The fourth-order valence-corrected chi connectivity index (χ4v) is 4.07. The fourth-order valence-electron chi connectivity index (χ4n) is 4.07. The van der Waals surface area contributed by atoms with Gasteiger partial charge >= 0.3 is 0 Å². The standard InChI is InChI=1S/C22H26FN3O/c23-19-6-8-20(9-7-19)26-14-12-24(13-15-26)10-3-11-25-16-18-4-1-2-5-21(18)22(27)17-25/h1-2,4-9H,3,10-17H2. The summed E-state index contributed by atoms with van der Waals surface area (Å²) < 4.78 is 13.1. The van der Waals surface area contributed by atoms with Crippen molar-refractivity contribution in [2.45, 2.75) is 13.0 Å². The number of carbonyl (C=O) groups excluding carboxylic acids is 1. The normalized spacial score (nSPS) is 18.6. The van der Waals surface area contributed by atoms with Crippen molar-refractivity contribution in [2.24, 2.45) is 0 Å². The molecular weight excluding hydrogens is 341 g/mol. The lowest BCUT2D eigenvalue weighted by molar-refractivity contribution is 0.0895. The van der Waals surface area contributed by atoms with Gasteiger partial charge in [0.05, 0.1) is 6.54 Å². The van der Waals surface area contributed by atoms with E-state index in [1.165, 1.54) is 12.1 Å². The number of carbonyl (C=O) groups is 1. The van der Waals surface area contributed by atoms with Crippen LogP contribution in [-0.4, -0.2) is 61.4 Å². The molecule has 0 saturated carbocycles. The Morgan fingerprint density at radius 1 is 0.815 bits per heavy atom. The molecule has 0 amide bonds. The molecule has 1 fully saturated rings. The Hall–Kier alpha value is -2.24. The zero-order valence-electron chi connectivity index (χ0n) is 15.6. The minimum atomic E-state index is -0.184. The van der Waals surface area contributed by atoms with Gasteiger partial charge in [-0.3, -0.25) is 14.6 Å². The van der Waals surface area contributed by atoms with Crippen LogP contribution in [0.5, 0.6) is 0 Å². The van der Waals surface area contributed by atoms with Crippen molar-refractivity contribution in [3.63, 3.8) is 0 Å². The van der Waals surface area contributed by atoms with Crippen LogP contribution in [0.2, 0.25) is 0 Å². The van der Waals surface area contributed by atoms with E-state index in [0.717, 1.165) is 69.0 Å². The van der Waals surface area contributed by atoms with E-state index >= 15 is 0 Å². The zero-order valence-corrected chi connectivity index (χ0v) is 15.6. The first-order valence-electron chi connectivity index (χ1n) is 9.75. The monoisotopic (exact) mass is 367 g/mol. The maximum atomic E-state index is 13.1. The average molecular weight is 367 g/mol. The highest BCUT2D eigenvalue weighted by molar-refractivity contribution is 5.99. The van der Waals surface area contributed by atoms with Gasteiger partial charge in [0.15, 0.2) is 5.78 Å². The summed E-state index contributed by atoms with van der Waals surface area (Å²) in [4.78, 5) is 19.3. The van der Waals surface area contributed by atoms with Gasteiger partial charge in [0.2, 0.25) is 0 Å². The summed E-state index contributed by atoms with van der Waals surface area (Å²) in [5.74, 6) is 0.0564. The second-order valence-electron chi connectivity index (χ2n) is 7.45. The number of rotatable bonds is 5. The molecule has 2 heterocycles. The second kappa shape index (κ2) is 8.19. The molecule has 0 aliphatic carbocycles. The van der Waals surface area contributed by atoms with Gasteiger partial charge < -0.3 is 4.90 Å². The number of fused-ring (bicyclic) bond motifs is 1. The highest BCUT2D eigenvalue weighted by Crippen LogP contribution is 2.19. The van der Waals surface area contributed by atoms with Crippen LogP contribution in [0.4, 0.5) is 10.1 Å². The van der Waals surface area contributed by atoms with E-state index in [1.54, 1.807) is 0 Å². The van der Waals surface area contributed by atoms with Crippen molar-refractivity contribution in [1.82, 2.24) is 9.80 Å². The first-order chi connectivity index (χ1) is 13.2. The van der Waals surface area contributed by atoms with Crippen LogP contribution in [0, 0.1) is 5.82 Å². The van der Waals surface area contributed by atoms with E-state index < -0.39 is 0 Å². The number of nitrogens with zero attached hydrogens (tertiary/aromatic N) is 3. The van der Waals surface area contributed by atoms with Crippen molar-refractivity contribution in [3.05, 3.63) is 65.5 Å². The maximum Gasteiger partial charge on any atom is 0.177 e. The Labute approximate surface area is 160 Å². The molecule has 2 aromatic rings. The highest BCUT2D eigenvalue weighted by atomic mass is 19.1. The third kappa shape index (κ3) is 4.37. The quantitative estimate of drug-likeness (QED) is 0.812. The van der Waals surface area contributed by atoms with Crippen LogP contribution in [0.1, 0.15) is 22.3 Å². The van der Waals surface area contributed by atoms with Gasteiger partial charge in [-0.15, -0.1) is 0 Å². The topological polar surface area (TPSA) is 26.8 Å². The van der Waals surface area contributed by atoms with E-state index in [2.05, 4.69) is 20.8 Å². The lowest BCUT2D eigenvalue weighted by Crippen LogP contribution is -2.47. The predicted octanol–water partition coefficient (Wildman–Crippen LogP) is 3.04. The Bertz CT molecular complexity index is 784. The van der Waals surface area contributed by atoms with E-state index in [4.69, 9.17) is 0 Å². The molecule has 2 aliphatic rings. The summed E-state index contributed by atoms with van der Waals surface area (Å²) in [6.07, 6.45) is 1.08. The molecular formula is C22H26FN3O. The molecule has 0 radical (unpaired) electrons. The molecule has 5 heteroatoms. The van der Waals surface area contributed by atoms with Gasteiger partial charge in [-0.2, -0.15) is 0 Å². The van der Waals surface area contributed by atoms with Crippen molar-refractivity contribution in [2.75, 3.05) is 50.7 Å². The van der Waals surface area contributed by atoms with Crippen molar-refractivity contribution >= 4 is 11.5 Å². The molecule has 2 aliphatic heterocycles. The average Bonchev–Trinajstić information content (AvgIpc) is 2.69. The minimum absolute atomic E-state index is 0.184. The fraction of sp³-hybridized carbons (Fsp3) is 0.409. The largest absolute Gasteiger partial charge is 0.369 e. The van der Waals surface area contributed by atoms with Crippen LogP contribution in [0.3, 0.4) is 0 Å². The van der Waals surface area contributed by atoms with Crippen molar-refractivity contribution in [1.29, 1.82) is 0 Å². The molecule has 0 spiro atoms. The summed E-state index contributed by atoms with van der Waals surface area (Å²) in [6, 6.07) is 14.7. The van der Waals surface area contributed by atoms with E-state index in [0.29, 0.717) is 6.54 Å². The third-order valence-electron chi connectivity index (χ3n) is 5.59. The Balaban J connectivity index is 1.21. The minimum Gasteiger partial charge on any atom is -0.369 e. The van der Waals surface area contributed by atoms with Crippen LogP contribution in [0.25, 0.3) is 0 Å². The lowest BCUT2D eigenvalue weighted by atomic mass is 9.99. The summed E-state index contributed by atoms with van der Waals surface area (Å²) in [6.45, 7) is 7.43. The second-order valence-corrected chi connectivity index (χ2v) is 7.45. The molecule has 0 N–H and O–H groups in total. The molecule has 4 rings (SSSR count). The molecule has 2 aromatic carbocycles. The predicted molar refractivity (Wildman–Crippen MR) is 106 cm³/mol. The van der Waals surface area contributed by atoms with Crippen LogP contribution < -0.4 is 4.90 Å². The number of hydrogen-bond acceptors (Lipinski definition) is 4. The molecule has 0 atom stereocenters. The van der Waals surface area contributed by atoms with Gasteiger partial charge in [-0.25, -0.2) is 4.39 Å². The molecule has 0 unspecified atom stereocenters. The van der Waals surface area contributed by atoms with Crippen molar-refractivity contribution in [3.8, 4) is 0 Å². The lowest BCUT2D eigenvalue weighted by Gasteiger charge is -2.36. The van der Waals surface area contributed by atoms with Crippen molar-refractivity contribution < 1.29 is 9.18 Å². The number of piperazine rings is 1. The van der Waals surface area contributed by atoms with E-state index in [9.17, 15) is 9.18 Å². The van der Waals surface area contributed by atoms with Crippen LogP contribution in [-0.2, 0) is 6.54 Å². The molecule has 27 heavy (non-hydrogen) atoms. The first-order valence-corrected chi connectivity index (χ1v) is 9.75. The summed E-state index contributed by atoms with van der Waals surface area (Å²) >= 11 is 0. The Kier molecular flexibility index (Phi) is 5.50. The molecule has 142 valence electrons. The van der Waals surface area contributed by atoms with Gasteiger partial charge in [-0.1, -0.05) is 24.3 Å². The number of benzene rings is 2. The molecule has 1 saturated heterocycles. The van der Waals surface area contributed by atoms with Gasteiger partial charge in [-0.05, 0) is 42.8 Å². The zero-order chi connectivity index (χ0) is 18.6. The molecule has 0 bridgehead atoms. The maximum absolute atomic E-state index is 13.1. The number of hydrogen-bond donors (Lipinski definition) is 0. The number of ketones is 1. The smallest absolute Gasteiger partial charge is 0.177 e. The van der Waals surface area contributed by atoms with Crippen LogP contribution >= 0.6 is 0 Å². The highest BCUT2D eigenvalue weighted by Gasteiger charge is 2.22. The Morgan fingerprint density at radius 3 is 2.30 bits per heavy atom. The van der Waals surface area contributed by atoms with Gasteiger partial charge in [0.25, 0.3) is 0 Å².